The highest BCUT2D eigenvalue weighted by Gasteiger charge is 2.19. The summed E-state index contributed by atoms with van der Waals surface area (Å²) < 4.78 is 33.0. The molecule has 132 valence electrons. The fourth-order valence-electron chi connectivity index (χ4n) is 2.50. The molecule has 0 spiro atoms. The number of aromatic nitrogens is 4. The van der Waals surface area contributed by atoms with E-state index in [0.717, 1.165) is 16.3 Å². The first-order chi connectivity index (χ1) is 12.6. The van der Waals surface area contributed by atoms with Crippen molar-refractivity contribution in [2.45, 2.75) is 17.5 Å². The largest absolute Gasteiger partial charge is 0.334 e. The number of rotatable bonds is 5. The molecule has 0 fully saturated rings. The van der Waals surface area contributed by atoms with Crippen molar-refractivity contribution in [2.75, 3.05) is 0 Å². The molecule has 0 aliphatic rings. The standard InChI is InChI=1S/C17H11ClF2N4OS/c18-11-6-2-1-5-10(11)15-22-14(23-25-15)9-26-17-21-12-7-3-4-8-13(12)24(17)16(19)20/h1-8,16H,9H2. The number of thioether (sulfide) groups is 1. The molecule has 4 aromatic rings. The Bertz CT molecular complexity index is 1070. The molecule has 0 saturated carbocycles. The number of nitrogens with zero attached hydrogens (tertiary/aromatic N) is 4. The van der Waals surface area contributed by atoms with Gasteiger partial charge in [-0.2, -0.15) is 13.8 Å². The molecule has 0 saturated heterocycles. The summed E-state index contributed by atoms with van der Waals surface area (Å²) in [5.41, 5.74) is 1.52. The third-order valence-electron chi connectivity index (χ3n) is 3.66. The molecule has 9 heteroatoms. The summed E-state index contributed by atoms with van der Waals surface area (Å²) in [7, 11) is 0. The number of fused-ring (bicyclic) bond motifs is 1. The van der Waals surface area contributed by atoms with Crippen LogP contribution in [0.2, 0.25) is 5.02 Å². The molecule has 0 atom stereocenters. The van der Waals surface area contributed by atoms with Gasteiger partial charge in [0.25, 0.3) is 5.89 Å². The van der Waals surface area contributed by atoms with E-state index in [4.69, 9.17) is 16.1 Å². The average molecular weight is 393 g/mol. The second kappa shape index (κ2) is 7.05. The maximum atomic E-state index is 13.4. The summed E-state index contributed by atoms with van der Waals surface area (Å²) in [5, 5.41) is 4.58. The SMILES string of the molecule is FC(F)n1c(SCc2noc(-c3ccccc3Cl)n2)nc2ccccc21. The van der Waals surface area contributed by atoms with Crippen molar-refractivity contribution in [1.29, 1.82) is 0 Å². The lowest BCUT2D eigenvalue weighted by Gasteiger charge is -2.05. The van der Waals surface area contributed by atoms with E-state index in [1.165, 1.54) is 0 Å². The maximum absolute atomic E-state index is 13.4. The fraction of sp³-hybridized carbons (Fsp3) is 0.118. The second-order valence-electron chi connectivity index (χ2n) is 5.32. The Balaban J connectivity index is 1.58. The lowest BCUT2D eigenvalue weighted by molar-refractivity contribution is 0.0656. The quantitative estimate of drug-likeness (QED) is 0.424. The monoisotopic (exact) mass is 392 g/mol. The van der Waals surface area contributed by atoms with E-state index in [1.807, 2.05) is 6.07 Å². The Labute approximate surface area is 156 Å². The van der Waals surface area contributed by atoms with Crippen molar-refractivity contribution < 1.29 is 13.3 Å². The minimum Gasteiger partial charge on any atom is -0.334 e. The third-order valence-corrected chi connectivity index (χ3v) is 4.94. The average Bonchev–Trinajstić information content (AvgIpc) is 3.24. The molecule has 0 radical (unpaired) electrons. The van der Waals surface area contributed by atoms with Gasteiger partial charge in [-0.3, -0.25) is 4.57 Å². The molecule has 0 aliphatic carbocycles. The van der Waals surface area contributed by atoms with Gasteiger partial charge in [0.05, 0.1) is 27.4 Å². The van der Waals surface area contributed by atoms with E-state index < -0.39 is 6.55 Å². The van der Waals surface area contributed by atoms with Crippen LogP contribution in [0, 0.1) is 0 Å². The zero-order valence-corrected chi connectivity index (χ0v) is 14.7. The number of hydrogen-bond acceptors (Lipinski definition) is 5. The number of alkyl halides is 2. The van der Waals surface area contributed by atoms with Gasteiger partial charge in [0.1, 0.15) is 0 Å². The Morgan fingerprint density at radius 3 is 2.65 bits per heavy atom. The minimum atomic E-state index is -2.69. The highest BCUT2D eigenvalue weighted by atomic mass is 35.5. The van der Waals surface area contributed by atoms with Crippen LogP contribution >= 0.6 is 23.4 Å². The van der Waals surface area contributed by atoms with Crippen LogP contribution in [0.1, 0.15) is 12.4 Å². The maximum Gasteiger partial charge on any atom is 0.321 e. The molecule has 0 amide bonds. The Hall–Kier alpha value is -2.45. The Morgan fingerprint density at radius 1 is 1.08 bits per heavy atom. The van der Waals surface area contributed by atoms with Crippen molar-refractivity contribution in [3.8, 4) is 11.5 Å². The molecule has 0 aliphatic heterocycles. The predicted molar refractivity (Wildman–Crippen MR) is 95.3 cm³/mol. The molecular formula is C17H11ClF2N4OS. The molecule has 26 heavy (non-hydrogen) atoms. The van der Waals surface area contributed by atoms with Gasteiger partial charge in [0.15, 0.2) is 11.0 Å². The van der Waals surface area contributed by atoms with Gasteiger partial charge < -0.3 is 4.52 Å². The first-order valence-corrected chi connectivity index (χ1v) is 8.95. The Kier molecular flexibility index (Phi) is 4.60. The first kappa shape index (κ1) is 17.0. The van der Waals surface area contributed by atoms with Gasteiger partial charge in [-0.25, -0.2) is 4.98 Å². The van der Waals surface area contributed by atoms with Crippen molar-refractivity contribution >= 4 is 34.4 Å². The first-order valence-electron chi connectivity index (χ1n) is 7.59. The smallest absolute Gasteiger partial charge is 0.321 e. The molecule has 2 heterocycles. The molecule has 5 nitrogen and oxygen atoms in total. The van der Waals surface area contributed by atoms with E-state index in [1.54, 1.807) is 42.5 Å². The predicted octanol–water partition coefficient (Wildman–Crippen LogP) is 5.43. The van der Waals surface area contributed by atoms with Crippen molar-refractivity contribution in [3.63, 3.8) is 0 Å². The molecule has 2 aromatic heterocycles. The van der Waals surface area contributed by atoms with Crippen molar-refractivity contribution in [2.24, 2.45) is 0 Å². The number of imidazole rings is 1. The lowest BCUT2D eigenvalue weighted by atomic mass is 10.2. The normalized spacial score (nSPS) is 11.5. The fourth-order valence-corrected chi connectivity index (χ4v) is 3.57. The van der Waals surface area contributed by atoms with Gasteiger partial charge >= 0.3 is 6.55 Å². The van der Waals surface area contributed by atoms with Gasteiger partial charge in [0, 0.05) is 0 Å². The van der Waals surface area contributed by atoms with Crippen LogP contribution in [-0.2, 0) is 5.75 Å². The summed E-state index contributed by atoms with van der Waals surface area (Å²) >= 11 is 7.23. The second-order valence-corrected chi connectivity index (χ2v) is 6.66. The highest BCUT2D eigenvalue weighted by molar-refractivity contribution is 7.98. The number of halogens is 3. The number of hydrogen-bond donors (Lipinski definition) is 0. The van der Waals surface area contributed by atoms with E-state index in [0.29, 0.717) is 27.4 Å². The minimum absolute atomic E-state index is 0.199. The van der Waals surface area contributed by atoms with Crippen molar-refractivity contribution in [3.05, 3.63) is 59.4 Å². The van der Waals surface area contributed by atoms with E-state index in [-0.39, 0.29) is 16.8 Å². The van der Waals surface area contributed by atoms with E-state index in [9.17, 15) is 8.78 Å². The summed E-state index contributed by atoms with van der Waals surface area (Å²) in [4.78, 5) is 8.54. The van der Waals surface area contributed by atoms with Crippen LogP contribution in [0.5, 0.6) is 0 Å². The van der Waals surface area contributed by atoms with Crippen LogP contribution in [0.25, 0.3) is 22.5 Å². The summed E-state index contributed by atoms with van der Waals surface area (Å²) in [6, 6.07) is 13.9. The molecule has 2 aromatic carbocycles. The summed E-state index contributed by atoms with van der Waals surface area (Å²) in [6.07, 6.45) is 0. The van der Waals surface area contributed by atoms with Gasteiger partial charge in [-0.05, 0) is 24.3 Å². The molecule has 0 unspecified atom stereocenters. The molecule has 0 bridgehead atoms. The lowest BCUT2D eigenvalue weighted by Crippen LogP contribution is -2.00. The molecule has 4 rings (SSSR count). The van der Waals surface area contributed by atoms with Crippen LogP contribution in [0.4, 0.5) is 8.78 Å². The van der Waals surface area contributed by atoms with E-state index >= 15 is 0 Å². The van der Waals surface area contributed by atoms with Crippen molar-refractivity contribution in [1.82, 2.24) is 19.7 Å². The molecule has 0 N–H and O–H groups in total. The topological polar surface area (TPSA) is 56.7 Å². The summed E-state index contributed by atoms with van der Waals surface area (Å²) in [5.74, 6) is 0.899. The zero-order chi connectivity index (χ0) is 18.1. The Morgan fingerprint density at radius 2 is 1.85 bits per heavy atom. The van der Waals surface area contributed by atoms with Crippen LogP contribution in [0.3, 0.4) is 0 Å². The summed E-state index contributed by atoms with van der Waals surface area (Å²) in [6.45, 7) is -2.69. The van der Waals surface area contributed by atoms with E-state index in [2.05, 4.69) is 15.1 Å². The third kappa shape index (κ3) is 3.17. The molecular weight excluding hydrogens is 382 g/mol. The van der Waals surface area contributed by atoms with Gasteiger partial charge in [-0.15, -0.1) is 0 Å². The van der Waals surface area contributed by atoms with Gasteiger partial charge in [0.2, 0.25) is 0 Å². The zero-order valence-electron chi connectivity index (χ0n) is 13.1. The number of benzene rings is 2. The number of para-hydroxylation sites is 2. The van der Waals surface area contributed by atoms with Crippen LogP contribution in [0.15, 0.2) is 58.2 Å². The van der Waals surface area contributed by atoms with Crippen LogP contribution < -0.4 is 0 Å². The van der Waals surface area contributed by atoms with Gasteiger partial charge in [-0.1, -0.05) is 52.8 Å². The van der Waals surface area contributed by atoms with Crippen LogP contribution in [-0.4, -0.2) is 19.7 Å². The highest BCUT2D eigenvalue weighted by Crippen LogP contribution is 2.31.